The van der Waals surface area contributed by atoms with Crippen molar-refractivity contribution in [2.24, 2.45) is 0 Å². The third kappa shape index (κ3) is 3.18. The molecule has 6 nitrogen and oxygen atoms in total. The zero-order valence-corrected chi connectivity index (χ0v) is 15.0. The summed E-state index contributed by atoms with van der Waals surface area (Å²) in [5.74, 6) is -0.0747. The first kappa shape index (κ1) is 17.3. The number of nitrogens with one attached hydrogen (secondary N) is 1. The number of fused-ring (bicyclic) bond motifs is 2. The molecule has 2 aliphatic heterocycles. The van der Waals surface area contributed by atoms with Gasteiger partial charge in [-0.3, -0.25) is 19.3 Å². The van der Waals surface area contributed by atoms with Gasteiger partial charge in [-0.05, 0) is 25.1 Å². The molecule has 0 radical (unpaired) electrons. The summed E-state index contributed by atoms with van der Waals surface area (Å²) in [6.07, 6.45) is 0.763. The molecule has 0 fully saturated rings. The van der Waals surface area contributed by atoms with Crippen LogP contribution in [0.2, 0.25) is 0 Å². The number of hydrogen-bond donors (Lipinski definition) is 1. The van der Waals surface area contributed by atoms with E-state index in [1.807, 2.05) is 25.1 Å². The Labute approximate surface area is 157 Å². The fourth-order valence-corrected chi connectivity index (χ4v) is 3.59. The molecule has 138 valence electrons. The van der Waals surface area contributed by atoms with Crippen LogP contribution in [0.4, 0.5) is 0 Å². The maximum atomic E-state index is 12.4. The van der Waals surface area contributed by atoms with Crippen molar-refractivity contribution in [1.29, 1.82) is 0 Å². The fraction of sp³-hybridized carbons (Fsp3) is 0.286. The Kier molecular flexibility index (Phi) is 4.39. The van der Waals surface area contributed by atoms with Crippen LogP contribution in [0.5, 0.6) is 5.75 Å². The maximum absolute atomic E-state index is 12.4. The van der Waals surface area contributed by atoms with Crippen LogP contribution >= 0.6 is 0 Å². The molecule has 0 spiro atoms. The summed E-state index contributed by atoms with van der Waals surface area (Å²) < 4.78 is 5.65. The van der Waals surface area contributed by atoms with Crippen molar-refractivity contribution in [2.45, 2.75) is 25.8 Å². The van der Waals surface area contributed by atoms with E-state index in [2.05, 4.69) is 5.32 Å². The first-order chi connectivity index (χ1) is 13.0. The molecule has 1 unspecified atom stereocenters. The topological polar surface area (TPSA) is 75.7 Å². The van der Waals surface area contributed by atoms with Gasteiger partial charge in [-0.25, -0.2) is 0 Å². The predicted octanol–water partition coefficient (Wildman–Crippen LogP) is 2.62. The van der Waals surface area contributed by atoms with Crippen molar-refractivity contribution in [1.82, 2.24) is 10.2 Å². The van der Waals surface area contributed by atoms with Gasteiger partial charge in [0.1, 0.15) is 5.75 Å². The average molecular weight is 364 g/mol. The van der Waals surface area contributed by atoms with Gasteiger partial charge in [-0.2, -0.15) is 0 Å². The van der Waals surface area contributed by atoms with E-state index in [1.54, 1.807) is 24.3 Å². The summed E-state index contributed by atoms with van der Waals surface area (Å²) in [6.45, 7) is 2.61. The van der Waals surface area contributed by atoms with Crippen molar-refractivity contribution in [3.8, 4) is 5.75 Å². The average Bonchev–Trinajstić information content (AvgIpc) is 2.91. The van der Waals surface area contributed by atoms with E-state index in [-0.39, 0.29) is 36.7 Å². The van der Waals surface area contributed by atoms with Gasteiger partial charge in [-0.15, -0.1) is 0 Å². The number of hydrogen-bond acceptors (Lipinski definition) is 4. The largest absolute Gasteiger partial charge is 0.493 e. The lowest BCUT2D eigenvalue weighted by Crippen LogP contribution is -2.37. The van der Waals surface area contributed by atoms with E-state index in [4.69, 9.17) is 4.74 Å². The smallest absolute Gasteiger partial charge is 0.261 e. The van der Waals surface area contributed by atoms with Gasteiger partial charge >= 0.3 is 0 Å². The molecule has 0 aliphatic carbocycles. The van der Waals surface area contributed by atoms with Crippen LogP contribution in [0.3, 0.4) is 0 Å². The summed E-state index contributed by atoms with van der Waals surface area (Å²) in [7, 11) is 0. The summed E-state index contributed by atoms with van der Waals surface area (Å²) in [4.78, 5) is 38.3. The van der Waals surface area contributed by atoms with Crippen LogP contribution in [0.1, 0.15) is 50.7 Å². The number of amides is 3. The van der Waals surface area contributed by atoms with Gasteiger partial charge in [0.15, 0.2) is 0 Å². The van der Waals surface area contributed by atoms with Crippen LogP contribution in [0.25, 0.3) is 0 Å². The van der Waals surface area contributed by atoms with E-state index in [0.717, 1.165) is 21.8 Å². The summed E-state index contributed by atoms with van der Waals surface area (Å²) in [5.41, 5.74) is 2.87. The molecule has 2 aromatic rings. The molecule has 2 heterocycles. The molecule has 0 bridgehead atoms. The molecular weight excluding hydrogens is 344 g/mol. The molecule has 0 saturated carbocycles. The Bertz CT molecular complexity index is 903. The maximum Gasteiger partial charge on any atom is 0.261 e. The number of carbonyl (C=O) groups excluding carboxylic acids is 3. The van der Waals surface area contributed by atoms with E-state index in [0.29, 0.717) is 24.2 Å². The fourth-order valence-electron chi connectivity index (χ4n) is 3.59. The second kappa shape index (κ2) is 6.87. The number of benzene rings is 2. The van der Waals surface area contributed by atoms with Crippen molar-refractivity contribution < 1.29 is 19.1 Å². The molecule has 3 amide bonds. The van der Waals surface area contributed by atoms with Gasteiger partial charge in [0.2, 0.25) is 5.91 Å². The zero-order chi connectivity index (χ0) is 19.0. The highest BCUT2D eigenvalue weighted by atomic mass is 16.5. The zero-order valence-electron chi connectivity index (χ0n) is 15.0. The van der Waals surface area contributed by atoms with Gasteiger partial charge < -0.3 is 10.1 Å². The Hall–Kier alpha value is -3.15. The Morgan fingerprint density at radius 3 is 2.56 bits per heavy atom. The lowest BCUT2D eigenvalue weighted by atomic mass is 9.98. The van der Waals surface area contributed by atoms with Crippen molar-refractivity contribution in [3.05, 3.63) is 64.7 Å². The molecule has 1 atom stereocenters. The number of aryl methyl sites for hydroxylation is 1. The minimum atomic E-state index is -0.338. The standard InChI is InChI=1S/C21H20N2O4/c1-13-6-7-18-16(12-13)17(9-11-27-18)22-19(24)8-10-23-20(25)14-4-2-3-5-15(14)21(23)26/h2-7,12,17H,8-11H2,1H3,(H,22,24). The van der Waals surface area contributed by atoms with Crippen molar-refractivity contribution >= 4 is 17.7 Å². The monoisotopic (exact) mass is 364 g/mol. The highest BCUT2D eigenvalue weighted by Gasteiger charge is 2.35. The second-order valence-corrected chi connectivity index (χ2v) is 6.86. The molecule has 1 N–H and O–H groups in total. The van der Waals surface area contributed by atoms with E-state index >= 15 is 0 Å². The minimum Gasteiger partial charge on any atom is -0.493 e. The number of nitrogens with zero attached hydrogens (tertiary/aromatic N) is 1. The molecule has 4 rings (SSSR count). The number of ether oxygens (including phenoxy) is 1. The lowest BCUT2D eigenvalue weighted by Gasteiger charge is -2.27. The number of rotatable bonds is 4. The first-order valence-corrected chi connectivity index (χ1v) is 9.02. The van der Waals surface area contributed by atoms with Crippen LogP contribution < -0.4 is 10.1 Å². The van der Waals surface area contributed by atoms with E-state index in [9.17, 15) is 14.4 Å². The highest BCUT2D eigenvalue weighted by molar-refractivity contribution is 6.21. The Morgan fingerprint density at radius 2 is 1.85 bits per heavy atom. The summed E-state index contributed by atoms with van der Waals surface area (Å²) in [5, 5.41) is 3.01. The Balaban J connectivity index is 1.40. The predicted molar refractivity (Wildman–Crippen MR) is 98.6 cm³/mol. The van der Waals surface area contributed by atoms with Gasteiger partial charge in [-0.1, -0.05) is 29.8 Å². The van der Waals surface area contributed by atoms with Crippen LogP contribution in [-0.4, -0.2) is 35.8 Å². The summed E-state index contributed by atoms with van der Waals surface area (Å²) in [6, 6.07) is 12.5. The molecule has 2 aromatic carbocycles. The van der Waals surface area contributed by atoms with E-state index < -0.39 is 0 Å². The van der Waals surface area contributed by atoms with Crippen LogP contribution in [0, 0.1) is 6.92 Å². The van der Waals surface area contributed by atoms with Gasteiger partial charge in [0.25, 0.3) is 11.8 Å². The SMILES string of the molecule is Cc1ccc2c(c1)C(NC(=O)CCN1C(=O)c3ccccc3C1=O)CCO2. The number of imide groups is 1. The first-order valence-electron chi connectivity index (χ1n) is 9.02. The van der Waals surface area contributed by atoms with Crippen molar-refractivity contribution in [3.63, 3.8) is 0 Å². The minimum absolute atomic E-state index is 0.0715. The van der Waals surface area contributed by atoms with Crippen LogP contribution in [-0.2, 0) is 4.79 Å². The molecule has 6 heteroatoms. The lowest BCUT2D eigenvalue weighted by molar-refractivity contribution is -0.122. The summed E-state index contributed by atoms with van der Waals surface area (Å²) >= 11 is 0. The van der Waals surface area contributed by atoms with E-state index in [1.165, 1.54) is 0 Å². The van der Waals surface area contributed by atoms with Crippen LogP contribution in [0.15, 0.2) is 42.5 Å². The second-order valence-electron chi connectivity index (χ2n) is 6.86. The third-order valence-corrected chi connectivity index (χ3v) is 4.98. The number of carbonyl (C=O) groups is 3. The van der Waals surface area contributed by atoms with Crippen molar-refractivity contribution in [2.75, 3.05) is 13.2 Å². The quantitative estimate of drug-likeness (QED) is 0.846. The molecule has 2 aliphatic rings. The normalized spacial score (nSPS) is 18.0. The van der Waals surface area contributed by atoms with Gasteiger partial charge in [0.05, 0.1) is 23.8 Å². The molecule has 27 heavy (non-hydrogen) atoms. The third-order valence-electron chi connectivity index (χ3n) is 4.98. The Morgan fingerprint density at radius 1 is 1.15 bits per heavy atom. The van der Waals surface area contributed by atoms with Gasteiger partial charge in [0, 0.05) is 24.9 Å². The molecule has 0 saturated heterocycles. The highest BCUT2D eigenvalue weighted by Crippen LogP contribution is 2.32. The molecular formula is C21H20N2O4. The molecule has 0 aromatic heterocycles.